The monoisotopic (exact) mass is 263 g/mol. The van der Waals surface area contributed by atoms with Gasteiger partial charge in [-0.2, -0.15) is 0 Å². The van der Waals surface area contributed by atoms with E-state index in [0.717, 1.165) is 25.2 Å². The Bertz CT molecular complexity index is 427. The van der Waals surface area contributed by atoms with E-state index in [9.17, 15) is 4.79 Å². The highest BCUT2D eigenvalue weighted by molar-refractivity contribution is 5.99. The number of amides is 1. The second-order valence-electron chi connectivity index (χ2n) is 4.90. The molecular formula is C15H25N3O. The smallest absolute Gasteiger partial charge is 0.253 e. The Morgan fingerprint density at radius 1 is 1.37 bits per heavy atom. The minimum atomic E-state index is -0.0964. The number of anilines is 1. The average Bonchev–Trinajstić information content (AvgIpc) is 2.38. The van der Waals surface area contributed by atoms with Crippen LogP contribution in [0.5, 0.6) is 0 Å². The van der Waals surface area contributed by atoms with Crippen molar-refractivity contribution in [2.45, 2.75) is 33.7 Å². The molecule has 0 aliphatic rings. The molecule has 0 aromatic heterocycles. The van der Waals surface area contributed by atoms with E-state index in [-0.39, 0.29) is 11.9 Å². The molecule has 0 radical (unpaired) electrons. The maximum Gasteiger partial charge on any atom is 0.253 e. The van der Waals surface area contributed by atoms with Crippen molar-refractivity contribution in [1.82, 2.24) is 10.2 Å². The summed E-state index contributed by atoms with van der Waals surface area (Å²) in [7, 11) is 0. The van der Waals surface area contributed by atoms with Gasteiger partial charge in [-0.1, -0.05) is 26.0 Å². The molecule has 4 nitrogen and oxygen atoms in total. The van der Waals surface area contributed by atoms with Crippen LogP contribution in [0.2, 0.25) is 0 Å². The summed E-state index contributed by atoms with van der Waals surface area (Å²) in [5.41, 5.74) is 8.00. The van der Waals surface area contributed by atoms with Crippen LogP contribution in [0, 0.1) is 6.92 Å². The molecule has 0 heterocycles. The van der Waals surface area contributed by atoms with Crippen molar-refractivity contribution in [3.8, 4) is 0 Å². The lowest BCUT2D eigenvalue weighted by atomic mass is 10.1. The van der Waals surface area contributed by atoms with Crippen LogP contribution in [0.1, 0.15) is 36.7 Å². The Kier molecular flexibility index (Phi) is 5.83. The normalized spacial score (nSPS) is 12.5. The van der Waals surface area contributed by atoms with E-state index < -0.39 is 0 Å². The molecule has 1 aromatic rings. The van der Waals surface area contributed by atoms with Gasteiger partial charge >= 0.3 is 0 Å². The van der Waals surface area contributed by atoms with Crippen molar-refractivity contribution < 1.29 is 4.79 Å². The number of carbonyl (C=O) groups is 1. The van der Waals surface area contributed by atoms with Gasteiger partial charge in [0.1, 0.15) is 0 Å². The number of hydrogen-bond donors (Lipinski definition) is 2. The van der Waals surface area contributed by atoms with Crippen LogP contribution in [-0.4, -0.2) is 36.5 Å². The number of nitrogens with zero attached hydrogens (tertiary/aromatic N) is 1. The molecule has 0 aliphatic carbocycles. The zero-order valence-corrected chi connectivity index (χ0v) is 12.4. The highest BCUT2D eigenvalue weighted by atomic mass is 16.1. The van der Waals surface area contributed by atoms with Gasteiger partial charge in [0, 0.05) is 18.3 Å². The molecule has 0 saturated carbocycles. The van der Waals surface area contributed by atoms with Gasteiger partial charge in [0.2, 0.25) is 0 Å². The van der Waals surface area contributed by atoms with Crippen molar-refractivity contribution >= 4 is 11.6 Å². The Labute approximate surface area is 116 Å². The lowest BCUT2D eigenvalue weighted by Crippen LogP contribution is -2.42. The standard InChI is InChI=1S/C15H25N3O/c1-5-18(6-2)10-12(4)17-15(19)13-9-7-8-11(3)14(13)16/h7-9,12H,5-6,10,16H2,1-4H3,(H,17,19). The largest absolute Gasteiger partial charge is 0.398 e. The summed E-state index contributed by atoms with van der Waals surface area (Å²) < 4.78 is 0. The molecule has 3 N–H and O–H groups in total. The van der Waals surface area contributed by atoms with Gasteiger partial charge in [-0.15, -0.1) is 0 Å². The number of rotatable bonds is 6. The van der Waals surface area contributed by atoms with Crippen molar-refractivity contribution in [2.75, 3.05) is 25.4 Å². The zero-order valence-electron chi connectivity index (χ0n) is 12.4. The fraction of sp³-hybridized carbons (Fsp3) is 0.533. The number of para-hydroxylation sites is 1. The molecule has 19 heavy (non-hydrogen) atoms. The lowest BCUT2D eigenvalue weighted by Gasteiger charge is -2.23. The van der Waals surface area contributed by atoms with Gasteiger partial charge in [0.25, 0.3) is 5.91 Å². The van der Waals surface area contributed by atoms with Gasteiger partial charge < -0.3 is 16.0 Å². The van der Waals surface area contributed by atoms with E-state index in [2.05, 4.69) is 24.1 Å². The van der Waals surface area contributed by atoms with Crippen LogP contribution in [0.25, 0.3) is 0 Å². The van der Waals surface area contributed by atoms with Gasteiger partial charge in [-0.3, -0.25) is 4.79 Å². The molecule has 1 atom stereocenters. The fourth-order valence-corrected chi connectivity index (χ4v) is 2.09. The minimum Gasteiger partial charge on any atom is -0.398 e. The number of aryl methyl sites for hydroxylation is 1. The van der Waals surface area contributed by atoms with Crippen LogP contribution in [0.15, 0.2) is 18.2 Å². The zero-order chi connectivity index (χ0) is 14.4. The summed E-state index contributed by atoms with van der Waals surface area (Å²) in [6.45, 7) is 11.0. The molecule has 0 aliphatic heterocycles. The Balaban J connectivity index is 2.66. The molecule has 0 spiro atoms. The van der Waals surface area contributed by atoms with E-state index in [4.69, 9.17) is 5.73 Å². The lowest BCUT2D eigenvalue weighted by molar-refractivity contribution is 0.0931. The molecule has 4 heteroatoms. The third-order valence-corrected chi connectivity index (χ3v) is 3.37. The molecular weight excluding hydrogens is 238 g/mol. The number of nitrogens with two attached hydrogens (primary N) is 1. The Morgan fingerprint density at radius 2 is 2.00 bits per heavy atom. The quantitative estimate of drug-likeness (QED) is 0.772. The highest BCUT2D eigenvalue weighted by Gasteiger charge is 2.14. The number of benzene rings is 1. The summed E-state index contributed by atoms with van der Waals surface area (Å²) in [6.07, 6.45) is 0. The van der Waals surface area contributed by atoms with E-state index in [1.165, 1.54) is 0 Å². The van der Waals surface area contributed by atoms with Crippen molar-refractivity contribution in [2.24, 2.45) is 0 Å². The Morgan fingerprint density at radius 3 is 2.58 bits per heavy atom. The van der Waals surface area contributed by atoms with E-state index in [1.54, 1.807) is 6.07 Å². The highest BCUT2D eigenvalue weighted by Crippen LogP contribution is 2.16. The van der Waals surface area contributed by atoms with Gasteiger partial charge in [-0.05, 0) is 38.6 Å². The maximum atomic E-state index is 12.2. The number of carbonyl (C=O) groups excluding carboxylic acids is 1. The third-order valence-electron chi connectivity index (χ3n) is 3.37. The molecule has 0 bridgehead atoms. The van der Waals surface area contributed by atoms with Crippen LogP contribution < -0.4 is 11.1 Å². The summed E-state index contributed by atoms with van der Waals surface area (Å²) in [4.78, 5) is 14.5. The first-order chi connectivity index (χ1) is 8.99. The number of hydrogen-bond acceptors (Lipinski definition) is 3. The first-order valence-corrected chi connectivity index (χ1v) is 6.87. The summed E-state index contributed by atoms with van der Waals surface area (Å²) in [6, 6.07) is 5.63. The molecule has 1 rings (SSSR count). The van der Waals surface area contributed by atoms with Crippen LogP contribution in [0.3, 0.4) is 0 Å². The SMILES string of the molecule is CCN(CC)CC(C)NC(=O)c1cccc(C)c1N. The van der Waals surface area contributed by atoms with Crippen molar-refractivity contribution in [3.63, 3.8) is 0 Å². The van der Waals surface area contributed by atoms with Crippen LogP contribution in [0.4, 0.5) is 5.69 Å². The molecule has 0 fully saturated rings. The first-order valence-electron chi connectivity index (χ1n) is 6.87. The van der Waals surface area contributed by atoms with Crippen molar-refractivity contribution in [3.05, 3.63) is 29.3 Å². The topological polar surface area (TPSA) is 58.4 Å². The molecule has 0 saturated heterocycles. The van der Waals surface area contributed by atoms with E-state index in [0.29, 0.717) is 11.3 Å². The summed E-state index contributed by atoms with van der Waals surface area (Å²) in [5.74, 6) is -0.0964. The predicted octanol–water partition coefficient (Wildman–Crippen LogP) is 2.04. The van der Waals surface area contributed by atoms with Gasteiger partial charge in [-0.25, -0.2) is 0 Å². The molecule has 1 unspecified atom stereocenters. The van der Waals surface area contributed by atoms with E-state index >= 15 is 0 Å². The second kappa shape index (κ2) is 7.14. The van der Waals surface area contributed by atoms with Crippen LogP contribution in [-0.2, 0) is 0 Å². The maximum absolute atomic E-state index is 12.2. The van der Waals surface area contributed by atoms with Crippen molar-refractivity contribution in [1.29, 1.82) is 0 Å². The fourth-order valence-electron chi connectivity index (χ4n) is 2.09. The molecule has 1 amide bonds. The molecule has 106 valence electrons. The number of nitrogens with one attached hydrogen (secondary N) is 1. The number of nitrogen functional groups attached to an aromatic ring is 1. The minimum absolute atomic E-state index is 0.0964. The molecule has 1 aromatic carbocycles. The first kappa shape index (κ1) is 15.5. The third kappa shape index (κ3) is 4.24. The van der Waals surface area contributed by atoms with Gasteiger partial charge in [0.05, 0.1) is 5.56 Å². The van der Waals surface area contributed by atoms with Crippen LogP contribution >= 0.6 is 0 Å². The average molecular weight is 263 g/mol. The Hall–Kier alpha value is -1.55. The summed E-state index contributed by atoms with van der Waals surface area (Å²) in [5, 5.41) is 3.00. The van der Waals surface area contributed by atoms with E-state index in [1.807, 2.05) is 26.0 Å². The second-order valence-corrected chi connectivity index (χ2v) is 4.90. The van der Waals surface area contributed by atoms with Gasteiger partial charge in [0.15, 0.2) is 0 Å². The summed E-state index contributed by atoms with van der Waals surface area (Å²) >= 11 is 0. The number of likely N-dealkylation sites (N-methyl/N-ethyl adjacent to an activating group) is 1. The predicted molar refractivity (Wildman–Crippen MR) is 80.3 cm³/mol.